The van der Waals surface area contributed by atoms with Crippen LogP contribution in [0.3, 0.4) is 0 Å². The Morgan fingerprint density at radius 1 is 1.29 bits per heavy atom. The molecule has 6 nitrogen and oxygen atoms in total. The third kappa shape index (κ3) is 3.54. The van der Waals surface area contributed by atoms with E-state index in [1.54, 1.807) is 0 Å². The quantitative estimate of drug-likeness (QED) is 0.775. The highest BCUT2D eigenvalue weighted by atomic mass is 35.5. The SMILES string of the molecule is NC(=S)c1ccc(Cl)c(S(=O)(=O)N2CCS(=O)(=O)CC2)c1. The predicted octanol–water partition coefficient (Wildman–Crippen LogP) is 0.393. The fourth-order valence-corrected chi connectivity index (χ4v) is 5.43. The standard InChI is InChI=1S/C11H13ClN2O4S3/c12-9-2-1-8(11(13)19)7-10(9)21(17,18)14-3-5-20(15,16)6-4-14/h1-2,7H,3-6H2,(H2,13,19). The van der Waals surface area contributed by atoms with Crippen molar-refractivity contribution in [2.24, 2.45) is 5.73 Å². The van der Waals surface area contributed by atoms with Gasteiger partial charge in [-0.15, -0.1) is 0 Å². The van der Waals surface area contributed by atoms with Crippen LogP contribution in [-0.2, 0) is 19.9 Å². The van der Waals surface area contributed by atoms with E-state index in [2.05, 4.69) is 0 Å². The van der Waals surface area contributed by atoms with Crippen LogP contribution in [0.25, 0.3) is 0 Å². The Balaban J connectivity index is 2.40. The van der Waals surface area contributed by atoms with Gasteiger partial charge in [0.05, 0.1) is 16.5 Å². The molecular formula is C11H13ClN2O4S3. The Bertz CT molecular complexity index is 776. The second kappa shape index (κ2) is 5.81. The lowest BCUT2D eigenvalue weighted by Gasteiger charge is -2.26. The second-order valence-corrected chi connectivity index (χ2v) is 9.62. The van der Waals surface area contributed by atoms with Gasteiger partial charge < -0.3 is 5.73 Å². The van der Waals surface area contributed by atoms with Gasteiger partial charge >= 0.3 is 0 Å². The molecule has 0 saturated carbocycles. The van der Waals surface area contributed by atoms with Crippen molar-refractivity contribution in [1.82, 2.24) is 4.31 Å². The zero-order valence-corrected chi connectivity index (χ0v) is 14.0. The van der Waals surface area contributed by atoms with Gasteiger partial charge in [0.2, 0.25) is 10.0 Å². The Kier molecular flexibility index (Phi) is 4.60. The molecule has 1 aromatic carbocycles. The van der Waals surface area contributed by atoms with Crippen LogP contribution in [0, 0.1) is 0 Å². The summed E-state index contributed by atoms with van der Waals surface area (Å²) in [5.41, 5.74) is 5.88. The first-order valence-electron chi connectivity index (χ1n) is 5.93. The van der Waals surface area contributed by atoms with Crippen molar-refractivity contribution in [2.75, 3.05) is 24.6 Å². The molecule has 1 aliphatic heterocycles. The maximum atomic E-state index is 12.6. The molecule has 0 atom stereocenters. The van der Waals surface area contributed by atoms with E-state index in [0.29, 0.717) is 5.56 Å². The number of hydrogen-bond donors (Lipinski definition) is 1. The van der Waals surface area contributed by atoms with Crippen molar-refractivity contribution in [3.05, 3.63) is 28.8 Å². The zero-order valence-electron chi connectivity index (χ0n) is 10.8. The van der Waals surface area contributed by atoms with E-state index in [-0.39, 0.29) is 39.5 Å². The summed E-state index contributed by atoms with van der Waals surface area (Å²) in [7, 11) is -7.05. The smallest absolute Gasteiger partial charge is 0.244 e. The molecule has 2 N–H and O–H groups in total. The summed E-state index contributed by atoms with van der Waals surface area (Å²) in [6, 6.07) is 4.25. The Labute approximate surface area is 133 Å². The summed E-state index contributed by atoms with van der Waals surface area (Å²) < 4.78 is 49.0. The summed E-state index contributed by atoms with van der Waals surface area (Å²) in [6.07, 6.45) is 0. The van der Waals surface area contributed by atoms with Gasteiger partial charge in [-0.25, -0.2) is 16.8 Å². The maximum Gasteiger partial charge on any atom is 0.244 e. The molecular weight excluding hydrogens is 356 g/mol. The summed E-state index contributed by atoms with van der Waals surface area (Å²) in [5, 5.41) is 0.0448. The summed E-state index contributed by atoms with van der Waals surface area (Å²) >= 11 is 10.8. The summed E-state index contributed by atoms with van der Waals surface area (Å²) in [4.78, 5) is -0.0573. The first-order valence-corrected chi connectivity index (χ1v) is 9.98. The normalized spacial score (nSPS) is 19.3. The molecule has 21 heavy (non-hydrogen) atoms. The first kappa shape index (κ1) is 16.6. The van der Waals surface area contributed by atoms with Crippen molar-refractivity contribution in [2.45, 2.75) is 4.90 Å². The van der Waals surface area contributed by atoms with Gasteiger partial charge in [0, 0.05) is 18.7 Å². The van der Waals surface area contributed by atoms with Crippen LogP contribution < -0.4 is 5.73 Å². The van der Waals surface area contributed by atoms with E-state index in [0.717, 1.165) is 4.31 Å². The van der Waals surface area contributed by atoms with Gasteiger partial charge in [-0.2, -0.15) is 4.31 Å². The highest BCUT2D eigenvalue weighted by Gasteiger charge is 2.32. The molecule has 116 valence electrons. The zero-order chi connectivity index (χ0) is 15.8. The lowest BCUT2D eigenvalue weighted by Crippen LogP contribution is -2.43. The minimum Gasteiger partial charge on any atom is -0.389 e. The number of hydrogen-bond acceptors (Lipinski definition) is 5. The number of halogens is 1. The molecule has 2 rings (SSSR count). The fourth-order valence-electron chi connectivity index (χ4n) is 1.93. The molecule has 1 heterocycles. The Morgan fingerprint density at radius 3 is 2.38 bits per heavy atom. The van der Waals surface area contributed by atoms with Crippen molar-refractivity contribution in [1.29, 1.82) is 0 Å². The van der Waals surface area contributed by atoms with Crippen LogP contribution in [0.15, 0.2) is 23.1 Å². The number of thiocarbonyl (C=S) groups is 1. The van der Waals surface area contributed by atoms with Gasteiger partial charge in [0.15, 0.2) is 9.84 Å². The van der Waals surface area contributed by atoms with Gasteiger partial charge in [-0.05, 0) is 12.1 Å². The largest absolute Gasteiger partial charge is 0.389 e. The molecule has 0 aliphatic carbocycles. The van der Waals surface area contributed by atoms with E-state index < -0.39 is 19.9 Å². The molecule has 1 fully saturated rings. The maximum absolute atomic E-state index is 12.6. The van der Waals surface area contributed by atoms with E-state index in [1.165, 1.54) is 18.2 Å². The number of nitrogens with two attached hydrogens (primary N) is 1. The van der Waals surface area contributed by atoms with Crippen molar-refractivity contribution >= 4 is 48.7 Å². The van der Waals surface area contributed by atoms with E-state index in [9.17, 15) is 16.8 Å². The van der Waals surface area contributed by atoms with Gasteiger partial charge in [0.1, 0.15) is 9.88 Å². The van der Waals surface area contributed by atoms with E-state index >= 15 is 0 Å². The van der Waals surface area contributed by atoms with Crippen molar-refractivity contribution in [3.8, 4) is 0 Å². The van der Waals surface area contributed by atoms with Crippen LogP contribution in [0.5, 0.6) is 0 Å². The van der Waals surface area contributed by atoms with Crippen molar-refractivity contribution in [3.63, 3.8) is 0 Å². The average Bonchev–Trinajstić information content (AvgIpc) is 2.38. The molecule has 10 heteroatoms. The van der Waals surface area contributed by atoms with Gasteiger partial charge in [-0.1, -0.05) is 29.9 Å². The average molecular weight is 369 g/mol. The van der Waals surface area contributed by atoms with E-state index in [4.69, 9.17) is 29.6 Å². The fraction of sp³-hybridized carbons (Fsp3) is 0.364. The van der Waals surface area contributed by atoms with Crippen LogP contribution in [-0.4, -0.2) is 50.7 Å². The third-order valence-electron chi connectivity index (χ3n) is 3.14. The minimum absolute atomic E-state index is 0.0448. The van der Waals surface area contributed by atoms with Crippen LogP contribution in [0.4, 0.5) is 0 Å². The molecule has 0 bridgehead atoms. The monoisotopic (exact) mass is 368 g/mol. The molecule has 0 spiro atoms. The molecule has 0 radical (unpaired) electrons. The number of sulfone groups is 1. The van der Waals surface area contributed by atoms with Crippen molar-refractivity contribution < 1.29 is 16.8 Å². The molecule has 0 unspecified atom stereocenters. The second-order valence-electron chi connectivity index (χ2n) is 4.57. The van der Waals surface area contributed by atoms with Crippen LogP contribution in [0.1, 0.15) is 5.56 Å². The topological polar surface area (TPSA) is 97.5 Å². The van der Waals surface area contributed by atoms with Gasteiger partial charge in [-0.3, -0.25) is 0 Å². The van der Waals surface area contributed by atoms with Crippen LogP contribution in [0.2, 0.25) is 5.02 Å². The number of benzene rings is 1. The Hall–Kier alpha value is -0.740. The Morgan fingerprint density at radius 2 is 1.86 bits per heavy atom. The highest BCUT2D eigenvalue weighted by molar-refractivity contribution is 7.92. The van der Waals surface area contributed by atoms with E-state index in [1.807, 2.05) is 0 Å². The lowest BCUT2D eigenvalue weighted by molar-refractivity contribution is 0.431. The molecule has 1 saturated heterocycles. The number of rotatable bonds is 3. The molecule has 0 aromatic heterocycles. The number of sulfonamides is 1. The lowest BCUT2D eigenvalue weighted by atomic mass is 10.2. The van der Waals surface area contributed by atoms with Gasteiger partial charge in [0.25, 0.3) is 0 Å². The third-order valence-corrected chi connectivity index (χ3v) is 7.36. The molecule has 0 amide bonds. The predicted molar refractivity (Wildman–Crippen MR) is 84.8 cm³/mol. The minimum atomic E-state index is -3.88. The first-order chi connectivity index (χ1) is 9.63. The number of nitrogens with zero attached hydrogens (tertiary/aromatic N) is 1. The van der Waals surface area contributed by atoms with Crippen LogP contribution >= 0.6 is 23.8 Å². The summed E-state index contributed by atoms with van der Waals surface area (Å²) in [6.45, 7) is -0.170. The highest BCUT2D eigenvalue weighted by Crippen LogP contribution is 2.27. The molecule has 1 aromatic rings. The molecule has 1 aliphatic rings. The summed E-state index contributed by atoms with van der Waals surface area (Å²) in [5.74, 6) is -0.391.